The van der Waals surface area contributed by atoms with E-state index in [0.717, 1.165) is 12.1 Å². The van der Waals surface area contributed by atoms with Crippen LogP contribution in [-0.4, -0.2) is 16.8 Å². The Kier molecular flexibility index (Phi) is 4.65. The highest BCUT2D eigenvalue weighted by molar-refractivity contribution is 8.12. The molecule has 2 aromatic rings. The Morgan fingerprint density at radius 3 is 1.50 bits per heavy atom. The van der Waals surface area contributed by atoms with Crippen LogP contribution in [-0.2, 0) is 20.0 Å². The number of halogens is 5. The van der Waals surface area contributed by atoms with Crippen molar-refractivity contribution in [1.82, 2.24) is 0 Å². The Morgan fingerprint density at radius 1 is 0.625 bits per heavy atom. The van der Waals surface area contributed by atoms with Crippen LogP contribution >= 0.6 is 0 Å². The van der Waals surface area contributed by atoms with Crippen LogP contribution in [0.25, 0.3) is 4.13 Å². The first kappa shape index (κ1) is 18.3. The van der Waals surface area contributed by atoms with Crippen molar-refractivity contribution in [2.75, 3.05) is 0 Å². The van der Waals surface area contributed by atoms with Gasteiger partial charge in [-0.15, -0.1) is 0 Å². The Hall–Kier alpha value is -2.05. The summed E-state index contributed by atoms with van der Waals surface area (Å²) in [5, 5.41) is 0. The minimum absolute atomic E-state index is 0.655. The largest absolute Gasteiger partial charge is 0.427 e. The quantitative estimate of drug-likeness (QED) is 0.460. The third kappa shape index (κ3) is 3.12. The molecule has 0 bridgehead atoms. The molecule has 0 unspecified atom stereocenters. The zero-order chi connectivity index (χ0) is 18.3. The van der Waals surface area contributed by atoms with Crippen molar-refractivity contribution < 1.29 is 38.8 Å². The van der Waals surface area contributed by atoms with Gasteiger partial charge in [-0.3, -0.25) is 0 Å². The SMILES string of the molecule is O=S(=O)([N-]S(=O)(=O)c1c(F)c(F)c(F)c(F)c1F)c1ccccc1. The van der Waals surface area contributed by atoms with Crippen molar-refractivity contribution in [3.8, 4) is 0 Å². The van der Waals surface area contributed by atoms with Gasteiger partial charge in [0.1, 0.15) is 24.9 Å². The minimum atomic E-state index is -5.75. The predicted octanol–water partition coefficient (Wildman–Crippen LogP) is 2.83. The van der Waals surface area contributed by atoms with E-state index >= 15 is 0 Å². The molecule has 0 N–H and O–H groups in total. The summed E-state index contributed by atoms with van der Waals surface area (Å²) in [5.74, 6) is -13.1. The van der Waals surface area contributed by atoms with E-state index in [1.165, 1.54) is 18.2 Å². The van der Waals surface area contributed by atoms with Crippen LogP contribution in [0.2, 0.25) is 0 Å². The second-order valence-corrected chi connectivity index (χ2v) is 7.61. The highest BCUT2D eigenvalue weighted by Crippen LogP contribution is 2.32. The standard InChI is InChI=1S/C12H5F5NO4S2/c13-7-8(14)10(16)12(11(17)9(7)15)24(21,22)18-23(19,20)6-4-2-1-3-5-6/h1-5H/q-1. The van der Waals surface area contributed by atoms with E-state index in [9.17, 15) is 38.8 Å². The lowest BCUT2D eigenvalue weighted by Gasteiger charge is -2.21. The van der Waals surface area contributed by atoms with Crippen molar-refractivity contribution in [3.63, 3.8) is 0 Å². The predicted molar refractivity (Wildman–Crippen MR) is 70.4 cm³/mol. The molecule has 0 aliphatic heterocycles. The maximum atomic E-state index is 13.5. The van der Waals surface area contributed by atoms with E-state index in [1.807, 2.05) is 0 Å². The van der Waals surface area contributed by atoms with Crippen molar-refractivity contribution >= 4 is 20.0 Å². The van der Waals surface area contributed by atoms with Gasteiger partial charge in [0, 0.05) is 4.90 Å². The summed E-state index contributed by atoms with van der Waals surface area (Å²) < 4.78 is 116. The molecule has 0 saturated carbocycles. The summed E-state index contributed by atoms with van der Waals surface area (Å²) in [5.41, 5.74) is 0. The third-order valence-corrected chi connectivity index (χ3v) is 5.98. The molecule has 0 aromatic heterocycles. The third-order valence-electron chi connectivity index (χ3n) is 2.66. The number of hydrogen-bond donors (Lipinski definition) is 0. The highest BCUT2D eigenvalue weighted by Gasteiger charge is 2.31. The second-order valence-electron chi connectivity index (χ2n) is 4.24. The van der Waals surface area contributed by atoms with Gasteiger partial charge in [-0.05, 0) is 12.1 Å². The van der Waals surface area contributed by atoms with Gasteiger partial charge in [0.2, 0.25) is 5.82 Å². The van der Waals surface area contributed by atoms with Crippen LogP contribution in [0.5, 0.6) is 0 Å². The normalized spacial score (nSPS) is 12.4. The van der Waals surface area contributed by atoms with Gasteiger partial charge in [-0.1, -0.05) is 18.2 Å². The molecule has 0 fully saturated rings. The smallest absolute Gasteiger partial charge is 0.200 e. The highest BCUT2D eigenvalue weighted by atomic mass is 32.3. The molecule has 12 heteroatoms. The molecular weight excluding hydrogens is 381 g/mol. The van der Waals surface area contributed by atoms with Gasteiger partial charge in [0.25, 0.3) is 0 Å². The molecule has 130 valence electrons. The zero-order valence-electron chi connectivity index (χ0n) is 11.2. The van der Waals surface area contributed by atoms with Crippen LogP contribution in [0.1, 0.15) is 0 Å². The van der Waals surface area contributed by atoms with Gasteiger partial charge >= 0.3 is 0 Å². The molecule has 0 aliphatic carbocycles. The van der Waals surface area contributed by atoms with Crippen molar-refractivity contribution in [2.24, 2.45) is 0 Å². The van der Waals surface area contributed by atoms with Gasteiger partial charge in [-0.2, -0.15) is 0 Å². The lowest BCUT2D eigenvalue weighted by atomic mass is 10.3. The first-order valence-electron chi connectivity index (χ1n) is 5.80. The molecular formula is C12H5F5NO4S2-. The van der Waals surface area contributed by atoms with Crippen LogP contribution in [0.3, 0.4) is 0 Å². The first-order valence-corrected chi connectivity index (χ1v) is 8.68. The number of hydrogen-bond acceptors (Lipinski definition) is 4. The lowest BCUT2D eigenvalue weighted by molar-refractivity contribution is 0.358. The molecule has 0 aliphatic rings. The van der Waals surface area contributed by atoms with Crippen LogP contribution in [0.4, 0.5) is 22.0 Å². The molecule has 0 spiro atoms. The van der Waals surface area contributed by atoms with Gasteiger partial charge in [0.05, 0.1) is 0 Å². The Morgan fingerprint density at radius 2 is 1.04 bits per heavy atom. The Balaban J connectivity index is 2.62. The first-order chi connectivity index (χ1) is 11.0. The van der Waals surface area contributed by atoms with Crippen molar-refractivity contribution in [1.29, 1.82) is 0 Å². The maximum absolute atomic E-state index is 13.5. The summed E-state index contributed by atoms with van der Waals surface area (Å²) >= 11 is 0. The number of benzene rings is 2. The maximum Gasteiger partial charge on any atom is 0.200 e. The number of rotatable bonds is 4. The summed E-state index contributed by atoms with van der Waals surface area (Å²) in [6.07, 6.45) is 0. The molecule has 0 amide bonds. The van der Waals surface area contributed by atoms with Gasteiger partial charge in [-0.25, -0.2) is 38.8 Å². The molecule has 24 heavy (non-hydrogen) atoms. The van der Waals surface area contributed by atoms with Crippen LogP contribution in [0, 0.1) is 29.1 Å². The van der Waals surface area contributed by atoms with Crippen LogP contribution < -0.4 is 0 Å². The molecule has 0 heterocycles. The summed E-state index contributed by atoms with van der Waals surface area (Å²) in [7, 11) is -10.7. The van der Waals surface area contributed by atoms with Crippen molar-refractivity contribution in [2.45, 2.75) is 9.79 Å². The van der Waals surface area contributed by atoms with Crippen molar-refractivity contribution in [3.05, 3.63) is 63.5 Å². The number of nitrogens with zero attached hydrogens (tertiary/aromatic N) is 1. The summed E-state index contributed by atoms with van der Waals surface area (Å²) in [6, 6.07) is 5.64. The summed E-state index contributed by atoms with van der Waals surface area (Å²) in [6.45, 7) is 0. The fourth-order valence-electron chi connectivity index (χ4n) is 1.61. The molecule has 0 atom stereocenters. The van der Waals surface area contributed by atoms with Crippen LogP contribution in [0.15, 0.2) is 40.1 Å². The summed E-state index contributed by atoms with van der Waals surface area (Å²) in [4.78, 5) is -3.00. The van der Waals surface area contributed by atoms with Gasteiger partial charge < -0.3 is 4.13 Å². The van der Waals surface area contributed by atoms with E-state index in [-0.39, 0.29) is 0 Å². The average Bonchev–Trinajstić information content (AvgIpc) is 2.51. The molecule has 5 nitrogen and oxygen atoms in total. The van der Waals surface area contributed by atoms with E-state index in [4.69, 9.17) is 0 Å². The fraction of sp³-hybridized carbons (Fsp3) is 0. The van der Waals surface area contributed by atoms with E-state index in [1.54, 1.807) is 0 Å². The minimum Gasteiger partial charge on any atom is -0.427 e. The van der Waals surface area contributed by atoms with Gasteiger partial charge in [0.15, 0.2) is 23.3 Å². The molecule has 2 rings (SSSR count). The Labute approximate surface area is 132 Å². The van der Waals surface area contributed by atoms with E-state index in [0.29, 0.717) is 0 Å². The average molecular weight is 386 g/mol. The van der Waals surface area contributed by atoms with E-state index in [2.05, 4.69) is 4.13 Å². The molecule has 0 saturated heterocycles. The monoisotopic (exact) mass is 386 g/mol. The topological polar surface area (TPSA) is 82.4 Å². The Bertz CT molecular complexity index is 978. The number of sulfonamides is 2. The molecule has 0 radical (unpaired) electrons. The second kappa shape index (κ2) is 6.11. The molecule has 2 aromatic carbocycles. The van der Waals surface area contributed by atoms with E-state index < -0.39 is 58.9 Å². The lowest BCUT2D eigenvalue weighted by Crippen LogP contribution is -2.15. The zero-order valence-corrected chi connectivity index (χ0v) is 12.8. The fourth-order valence-corrected chi connectivity index (χ4v) is 4.42.